The van der Waals surface area contributed by atoms with E-state index in [1.807, 2.05) is 60.4 Å². The van der Waals surface area contributed by atoms with E-state index in [2.05, 4.69) is 62.9 Å². The van der Waals surface area contributed by atoms with Gasteiger partial charge in [0.15, 0.2) is 0 Å². The molecule has 1 aliphatic rings. The van der Waals surface area contributed by atoms with Crippen LogP contribution in [0.15, 0.2) is 54.7 Å². The molecule has 36 heavy (non-hydrogen) atoms. The molecule has 1 aliphatic heterocycles. The van der Waals surface area contributed by atoms with Crippen LogP contribution in [-0.2, 0) is 16.8 Å². The number of aromatic amines is 1. The van der Waals surface area contributed by atoms with E-state index in [0.29, 0.717) is 0 Å². The zero-order valence-electron chi connectivity index (χ0n) is 22.9. The number of hydrogen-bond donors (Lipinski definition) is 1. The normalized spacial score (nSPS) is 17.2. The van der Waals surface area contributed by atoms with E-state index in [4.69, 9.17) is 4.98 Å². The first-order valence-electron chi connectivity index (χ1n) is 12.9. The summed E-state index contributed by atoms with van der Waals surface area (Å²) in [5, 5.41) is 0. The molecule has 1 saturated heterocycles. The number of imidazole rings is 1. The highest BCUT2D eigenvalue weighted by Gasteiger charge is 2.37. The van der Waals surface area contributed by atoms with Gasteiger partial charge in [-0.05, 0) is 74.8 Å². The fourth-order valence-electron chi connectivity index (χ4n) is 5.39. The molecular weight excluding hydrogens is 446 g/mol. The van der Waals surface area contributed by atoms with Crippen molar-refractivity contribution in [3.05, 3.63) is 77.2 Å². The predicted molar refractivity (Wildman–Crippen MR) is 147 cm³/mol. The van der Waals surface area contributed by atoms with E-state index in [1.54, 1.807) is 0 Å². The Bertz CT molecular complexity index is 1180. The number of rotatable bonds is 7. The Kier molecular flexibility index (Phi) is 7.67. The van der Waals surface area contributed by atoms with Crippen molar-refractivity contribution in [3.8, 4) is 11.3 Å². The second kappa shape index (κ2) is 10.6. The number of aromatic nitrogens is 2. The number of likely N-dealkylation sites (N-methyl/N-ethyl adjacent to an activating group) is 1. The molecule has 6 heteroatoms. The van der Waals surface area contributed by atoms with Gasteiger partial charge in [0.05, 0.1) is 17.9 Å². The van der Waals surface area contributed by atoms with Crippen LogP contribution in [0, 0.1) is 0 Å². The Labute approximate surface area is 216 Å². The van der Waals surface area contributed by atoms with Crippen molar-refractivity contribution in [3.63, 3.8) is 0 Å². The molecule has 2 heterocycles. The molecule has 192 valence electrons. The number of nitrogens with one attached hydrogen (secondary N) is 1. The number of likely N-dealkylation sites (tertiary alicyclic amines) is 1. The molecule has 4 rings (SSSR count). The van der Waals surface area contributed by atoms with Crippen molar-refractivity contribution in [2.24, 2.45) is 0 Å². The van der Waals surface area contributed by atoms with E-state index < -0.39 is 0 Å². The minimum Gasteiger partial charge on any atom is -0.340 e. The van der Waals surface area contributed by atoms with Gasteiger partial charge in [-0.3, -0.25) is 9.69 Å². The van der Waals surface area contributed by atoms with Crippen LogP contribution in [0.2, 0.25) is 0 Å². The van der Waals surface area contributed by atoms with Crippen molar-refractivity contribution in [1.82, 2.24) is 24.7 Å². The Morgan fingerprint density at radius 1 is 1.11 bits per heavy atom. The molecule has 6 nitrogen and oxygen atoms in total. The highest BCUT2D eigenvalue weighted by molar-refractivity contribution is 5.84. The van der Waals surface area contributed by atoms with Crippen LogP contribution in [0.1, 0.15) is 68.2 Å². The Balaban J connectivity index is 1.61. The second-order valence-electron chi connectivity index (χ2n) is 11.5. The molecule has 0 aliphatic carbocycles. The van der Waals surface area contributed by atoms with Gasteiger partial charge in [-0.15, -0.1) is 0 Å². The van der Waals surface area contributed by atoms with Gasteiger partial charge in [0.1, 0.15) is 11.9 Å². The molecule has 1 N–H and O–H groups in total. The van der Waals surface area contributed by atoms with E-state index in [1.165, 1.54) is 11.1 Å². The molecule has 0 spiro atoms. The first-order chi connectivity index (χ1) is 17.1. The van der Waals surface area contributed by atoms with Crippen LogP contribution in [0.5, 0.6) is 0 Å². The molecular formula is C30H41N5O. The summed E-state index contributed by atoms with van der Waals surface area (Å²) < 4.78 is 0. The number of hydrogen-bond acceptors (Lipinski definition) is 4. The molecule has 0 bridgehead atoms. The minimum atomic E-state index is -0.306. The average molecular weight is 488 g/mol. The summed E-state index contributed by atoms with van der Waals surface area (Å²) in [5.41, 5.74) is 5.92. The number of benzene rings is 2. The van der Waals surface area contributed by atoms with E-state index in [0.717, 1.165) is 48.6 Å². The van der Waals surface area contributed by atoms with Crippen LogP contribution in [-0.4, -0.2) is 65.3 Å². The standard InChI is InChI=1S/C30H41N5O/c1-30(2,3)24-16-15-22(18-23(24)20-33(4)5)25-19-31-28(32-25)26-14-11-17-35(26)29(36)27(34(6)7)21-12-9-8-10-13-21/h8-10,12-13,15-16,18-19,26-27H,11,14,17,20H2,1-7H3,(H,31,32). The van der Waals surface area contributed by atoms with Gasteiger partial charge >= 0.3 is 0 Å². The smallest absolute Gasteiger partial charge is 0.245 e. The fourth-order valence-corrected chi connectivity index (χ4v) is 5.39. The molecule has 3 aromatic rings. The monoisotopic (exact) mass is 487 g/mol. The quantitative estimate of drug-likeness (QED) is 0.485. The van der Waals surface area contributed by atoms with E-state index >= 15 is 0 Å². The largest absolute Gasteiger partial charge is 0.340 e. The molecule has 1 fully saturated rings. The summed E-state index contributed by atoms with van der Waals surface area (Å²) in [6.07, 6.45) is 3.82. The van der Waals surface area contributed by atoms with Crippen LogP contribution < -0.4 is 0 Å². The molecule has 0 saturated carbocycles. The van der Waals surface area contributed by atoms with E-state index in [-0.39, 0.29) is 23.4 Å². The van der Waals surface area contributed by atoms with Gasteiger partial charge in [0.25, 0.3) is 0 Å². The van der Waals surface area contributed by atoms with Gasteiger partial charge in [0, 0.05) is 13.1 Å². The highest BCUT2D eigenvalue weighted by atomic mass is 16.2. The van der Waals surface area contributed by atoms with Gasteiger partial charge in [-0.1, -0.05) is 63.2 Å². The van der Waals surface area contributed by atoms with Crippen molar-refractivity contribution in [2.45, 2.75) is 57.7 Å². The van der Waals surface area contributed by atoms with Crippen molar-refractivity contribution in [1.29, 1.82) is 0 Å². The molecule has 0 radical (unpaired) electrons. The number of nitrogens with zero attached hydrogens (tertiary/aromatic N) is 4. The highest BCUT2D eigenvalue weighted by Crippen LogP contribution is 2.36. The summed E-state index contributed by atoms with van der Waals surface area (Å²) >= 11 is 0. The Hall–Kier alpha value is -2.96. The second-order valence-corrected chi connectivity index (χ2v) is 11.5. The first kappa shape index (κ1) is 26.1. The Morgan fingerprint density at radius 3 is 2.47 bits per heavy atom. The van der Waals surface area contributed by atoms with Crippen molar-refractivity contribution < 1.29 is 4.79 Å². The lowest BCUT2D eigenvalue weighted by Crippen LogP contribution is -2.40. The number of H-pyrrole nitrogens is 1. The van der Waals surface area contributed by atoms with Gasteiger partial charge in [-0.25, -0.2) is 4.98 Å². The first-order valence-corrected chi connectivity index (χ1v) is 12.9. The zero-order chi connectivity index (χ0) is 26.0. The van der Waals surface area contributed by atoms with Crippen molar-refractivity contribution in [2.75, 3.05) is 34.7 Å². The zero-order valence-corrected chi connectivity index (χ0v) is 22.9. The van der Waals surface area contributed by atoms with Gasteiger partial charge in [-0.2, -0.15) is 0 Å². The Morgan fingerprint density at radius 2 is 1.83 bits per heavy atom. The predicted octanol–water partition coefficient (Wildman–Crippen LogP) is 5.40. The van der Waals surface area contributed by atoms with Crippen molar-refractivity contribution >= 4 is 5.91 Å². The molecule has 2 atom stereocenters. The summed E-state index contributed by atoms with van der Waals surface area (Å²) in [5.74, 6) is 1.00. The van der Waals surface area contributed by atoms with Crippen LogP contribution in [0.3, 0.4) is 0 Å². The van der Waals surface area contributed by atoms with E-state index in [9.17, 15) is 4.79 Å². The average Bonchev–Trinajstić information content (AvgIpc) is 3.48. The van der Waals surface area contributed by atoms with Gasteiger partial charge < -0.3 is 14.8 Å². The maximum atomic E-state index is 13.8. The van der Waals surface area contributed by atoms with Crippen LogP contribution in [0.4, 0.5) is 0 Å². The molecule has 2 unspecified atom stereocenters. The summed E-state index contributed by atoms with van der Waals surface area (Å²) in [4.78, 5) is 28.3. The summed E-state index contributed by atoms with van der Waals surface area (Å²) in [6.45, 7) is 8.43. The van der Waals surface area contributed by atoms with Crippen LogP contribution in [0.25, 0.3) is 11.3 Å². The molecule has 1 aromatic heterocycles. The maximum absolute atomic E-state index is 13.8. The topological polar surface area (TPSA) is 55.5 Å². The summed E-state index contributed by atoms with van der Waals surface area (Å²) in [7, 11) is 8.15. The third-order valence-corrected chi connectivity index (χ3v) is 7.02. The van der Waals surface area contributed by atoms with Gasteiger partial charge in [0.2, 0.25) is 5.91 Å². The maximum Gasteiger partial charge on any atom is 0.245 e. The fraction of sp³-hybridized carbons (Fsp3) is 0.467. The number of amides is 1. The lowest BCUT2D eigenvalue weighted by Gasteiger charge is -2.31. The SMILES string of the molecule is CN(C)Cc1cc(-c2cnc(C3CCCN3C(=O)C(c3ccccc3)N(C)C)[nH]2)ccc1C(C)(C)C. The molecule has 2 aromatic carbocycles. The number of carbonyl (C=O) groups excluding carboxylic acids is 1. The lowest BCUT2D eigenvalue weighted by atomic mass is 9.82. The minimum absolute atomic E-state index is 0.0347. The van der Waals surface area contributed by atoms with Crippen LogP contribution >= 0.6 is 0 Å². The third-order valence-electron chi connectivity index (χ3n) is 7.02. The third kappa shape index (κ3) is 5.55. The molecule has 1 amide bonds. The number of carbonyl (C=O) groups is 1. The lowest BCUT2D eigenvalue weighted by molar-refractivity contribution is -0.137. The summed E-state index contributed by atoms with van der Waals surface area (Å²) in [6, 6.07) is 16.4.